The first-order valence-electron chi connectivity index (χ1n) is 4.79. The molecule has 0 unspecified atom stereocenters. The molecule has 0 spiro atoms. The number of hydrogen-bond acceptors (Lipinski definition) is 3. The van der Waals surface area contributed by atoms with Crippen molar-refractivity contribution in [2.75, 3.05) is 6.54 Å². The lowest BCUT2D eigenvalue weighted by molar-refractivity contribution is 0.793. The van der Waals surface area contributed by atoms with Crippen LogP contribution in [0.4, 0.5) is 0 Å². The van der Waals surface area contributed by atoms with Gasteiger partial charge in [-0.15, -0.1) is 0 Å². The largest absolute Gasteiger partial charge is 0.330 e. The van der Waals surface area contributed by atoms with Crippen LogP contribution in [0.3, 0.4) is 0 Å². The number of rotatable bonds is 4. The third-order valence-electron chi connectivity index (χ3n) is 1.83. The molecule has 0 aromatic carbocycles. The summed E-state index contributed by atoms with van der Waals surface area (Å²) in [4.78, 5) is 8.78. The molecule has 72 valence electrons. The molecule has 0 aliphatic carbocycles. The van der Waals surface area contributed by atoms with E-state index in [0.717, 1.165) is 36.5 Å². The normalized spacial score (nSPS) is 10.4. The third-order valence-corrected chi connectivity index (χ3v) is 1.83. The average Bonchev–Trinajstić information content (AvgIpc) is 2.04. The molecule has 0 fully saturated rings. The molecule has 0 amide bonds. The molecule has 1 rings (SSSR count). The van der Waals surface area contributed by atoms with Crippen molar-refractivity contribution in [3.8, 4) is 0 Å². The van der Waals surface area contributed by atoms with Gasteiger partial charge in [0.1, 0.15) is 5.82 Å². The molecule has 0 saturated carbocycles. The van der Waals surface area contributed by atoms with Gasteiger partial charge in [0.15, 0.2) is 0 Å². The van der Waals surface area contributed by atoms with E-state index in [9.17, 15) is 0 Å². The molecule has 3 heteroatoms. The van der Waals surface area contributed by atoms with Crippen LogP contribution >= 0.6 is 0 Å². The molecule has 1 heterocycles. The summed E-state index contributed by atoms with van der Waals surface area (Å²) >= 11 is 0. The number of hydrogen-bond donors (Lipinski definition) is 1. The standard InChI is InChI=1S/C10H17N3/c1-3-4-10-12-8(2)7-9(13-10)5-6-11/h7H,3-6,11H2,1-2H3. The van der Waals surface area contributed by atoms with Gasteiger partial charge < -0.3 is 5.73 Å². The van der Waals surface area contributed by atoms with E-state index < -0.39 is 0 Å². The van der Waals surface area contributed by atoms with Crippen LogP contribution in [0.2, 0.25) is 0 Å². The Balaban J connectivity index is 2.83. The van der Waals surface area contributed by atoms with Gasteiger partial charge in [-0.3, -0.25) is 0 Å². The van der Waals surface area contributed by atoms with Gasteiger partial charge in [0.2, 0.25) is 0 Å². The maximum atomic E-state index is 5.47. The van der Waals surface area contributed by atoms with Crippen LogP contribution in [0.25, 0.3) is 0 Å². The van der Waals surface area contributed by atoms with Crippen LogP contribution in [0.1, 0.15) is 30.6 Å². The zero-order chi connectivity index (χ0) is 9.68. The van der Waals surface area contributed by atoms with Crippen molar-refractivity contribution < 1.29 is 0 Å². The minimum Gasteiger partial charge on any atom is -0.330 e. The van der Waals surface area contributed by atoms with Gasteiger partial charge in [0.25, 0.3) is 0 Å². The molecule has 13 heavy (non-hydrogen) atoms. The molecule has 0 atom stereocenters. The number of nitrogens with zero attached hydrogens (tertiary/aromatic N) is 2. The average molecular weight is 179 g/mol. The zero-order valence-electron chi connectivity index (χ0n) is 8.38. The first-order chi connectivity index (χ1) is 6.26. The monoisotopic (exact) mass is 179 g/mol. The topological polar surface area (TPSA) is 51.8 Å². The highest BCUT2D eigenvalue weighted by Gasteiger charge is 2.00. The quantitative estimate of drug-likeness (QED) is 0.756. The van der Waals surface area contributed by atoms with Gasteiger partial charge in [0, 0.05) is 24.2 Å². The highest BCUT2D eigenvalue weighted by molar-refractivity contribution is 5.10. The molecular weight excluding hydrogens is 162 g/mol. The minimum atomic E-state index is 0.655. The summed E-state index contributed by atoms with van der Waals surface area (Å²) in [7, 11) is 0. The van der Waals surface area contributed by atoms with Gasteiger partial charge in [0.05, 0.1) is 0 Å². The fraction of sp³-hybridized carbons (Fsp3) is 0.600. The summed E-state index contributed by atoms with van der Waals surface area (Å²) in [5, 5.41) is 0. The van der Waals surface area contributed by atoms with Gasteiger partial charge in [-0.05, 0) is 26.0 Å². The number of aryl methyl sites for hydroxylation is 2. The summed E-state index contributed by atoms with van der Waals surface area (Å²) in [5.41, 5.74) is 7.59. The number of nitrogens with two attached hydrogens (primary N) is 1. The van der Waals surface area contributed by atoms with Crippen LogP contribution < -0.4 is 5.73 Å². The molecule has 0 aliphatic rings. The fourth-order valence-electron chi connectivity index (χ4n) is 1.31. The van der Waals surface area contributed by atoms with E-state index in [0.29, 0.717) is 6.54 Å². The van der Waals surface area contributed by atoms with Crippen molar-refractivity contribution in [1.82, 2.24) is 9.97 Å². The summed E-state index contributed by atoms with van der Waals surface area (Å²) in [5.74, 6) is 0.950. The molecular formula is C10H17N3. The lowest BCUT2D eigenvalue weighted by Crippen LogP contribution is -2.07. The second kappa shape index (κ2) is 4.92. The molecule has 1 aromatic rings. The van der Waals surface area contributed by atoms with E-state index in [1.165, 1.54) is 0 Å². The molecule has 2 N–H and O–H groups in total. The van der Waals surface area contributed by atoms with Crippen molar-refractivity contribution in [2.24, 2.45) is 5.73 Å². The van der Waals surface area contributed by atoms with E-state index in [2.05, 4.69) is 16.9 Å². The Bertz CT molecular complexity index is 247. The Morgan fingerprint density at radius 1 is 1.31 bits per heavy atom. The molecule has 1 aromatic heterocycles. The van der Waals surface area contributed by atoms with E-state index in [1.807, 2.05) is 13.0 Å². The van der Waals surface area contributed by atoms with Gasteiger partial charge in [-0.25, -0.2) is 9.97 Å². The molecule has 0 aliphatic heterocycles. The van der Waals surface area contributed by atoms with E-state index in [-0.39, 0.29) is 0 Å². The van der Waals surface area contributed by atoms with Crippen LogP contribution in [0.5, 0.6) is 0 Å². The molecule has 0 radical (unpaired) electrons. The summed E-state index contributed by atoms with van der Waals surface area (Å²) in [6.07, 6.45) is 2.89. The molecule has 3 nitrogen and oxygen atoms in total. The zero-order valence-corrected chi connectivity index (χ0v) is 8.38. The second-order valence-corrected chi connectivity index (χ2v) is 3.21. The summed E-state index contributed by atoms with van der Waals surface area (Å²) in [6, 6.07) is 2.01. The lowest BCUT2D eigenvalue weighted by Gasteiger charge is -2.03. The van der Waals surface area contributed by atoms with Gasteiger partial charge in [-0.1, -0.05) is 6.92 Å². The maximum Gasteiger partial charge on any atom is 0.128 e. The Hall–Kier alpha value is -0.960. The van der Waals surface area contributed by atoms with Gasteiger partial charge in [-0.2, -0.15) is 0 Å². The second-order valence-electron chi connectivity index (χ2n) is 3.21. The smallest absolute Gasteiger partial charge is 0.128 e. The van der Waals surface area contributed by atoms with Crippen molar-refractivity contribution in [3.63, 3.8) is 0 Å². The van der Waals surface area contributed by atoms with Crippen molar-refractivity contribution >= 4 is 0 Å². The van der Waals surface area contributed by atoms with Crippen LogP contribution in [-0.4, -0.2) is 16.5 Å². The van der Waals surface area contributed by atoms with Crippen molar-refractivity contribution in [2.45, 2.75) is 33.1 Å². The Kier molecular flexibility index (Phi) is 3.83. The maximum absolute atomic E-state index is 5.47. The molecule has 0 saturated heterocycles. The van der Waals surface area contributed by atoms with Crippen molar-refractivity contribution in [3.05, 3.63) is 23.3 Å². The predicted octanol–water partition coefficient (Wildman–Crippen LogP) is 1.24. The Labute approximate surface area is 79.4 Å². The fourth-order valence-corrected chi connectivity index (χ4v) is 1.31. The predicted molar refractivity (Wildman–Crippen MR) is 53.5 cm³/mol. The first kappa shape index (κ1) is 10.1. The van der Waals surface area contributed by atoms with E-state index >= 15 is 0 Å². The Morgan fingerprint density at radius 2 is 2.08 bits per heavy atom. The molecule has 0 bridgehead atoms. The van der Waals surface area contributed by atoms with E-state index in [1.54, 1.807) is 0 Å². The third kappa shape index (κ3) is 3.11. The van der Waals surface area contributed by atoms with Crippen LogP contribution in [-0.2, 0) is 12.8 Å². The first-order valence-corrected chi connectivity index (χ1v) is 4.79. The van der Waals surface area contributed by atoms with Crippen molar-refractivity contribution in [1.29, 1.82) is 0 Å². The van der Waals surface area contributed by atoms with Gasteiger partial charge >= 0.3 is 0 Å². The summed E-state index contributed by atoms with van der Waals surface area (Å²) < 4.78 is 0. The Morgan fingerprint density at radius 3 is 2.69 bits per heavy atom. The lowest BCUT2D eigenvalue weighted by atomic mass is 10.2. The minimum absolute atomic E-state index is 0.655. The van der Waals surface area contributed by atoms with Crippen LogP contribution in [0.15, 0.2) is 6.07 Å². The SMILES string of the molecule is CCCc1nc(C)cc(CCN)n1. The van der Waals surface area contributed by atoms with E-state index in [4.69, 9.17) is 5.73 Å². The number of aromatic nitrogens is 2. The highest BCUT2D eigenvalue weighted by atomic mass is 14.9. The highest BCUT2D eigenvalue weighted by Crippen LogP contribution is 2.03. The summed E-state index contributed by atoms with van der Waals surface area (Å²) in [6.45, 7) is 4.79. The van der Waals surface area contributed by atoms with Crippen LogP contribution in [0, 0.1) is 6.92 Å².